The molecule has 1 unspecified atom stereocenters. The summed E-state index contributed by atoms with van der Waals surface area (Å²) in [6.45, 7) is 5.23. The lowest BCUT2D eigenvalue weighted by molar-refractivity contribution is 0.329. The Balaban J connectivity index is 2.95. The highest BCUT2D eigenvalue weighted by molar-refractivity contribution is 5.25. The highest BCUT2D eigenvalue weighted by Crippen LogP contribution is 2.28. The molecule has 1 heteroatoms. The summed E-state index contributed by atoms with van der Waals surface area (Å²) < 4.78 is 12.9. The number of halogens is 1. The number of hydrogen-bond acceptors (Lipinski definition) is 0. The van der Waals surface area contributed by atoms with Gasteiger partial charge in [-0.15, -0.1) is 6.58 Å². The summed E-state index contributed by atoms with van der Waals surface area (Å²) in [5.74, 6) is 0. The zero-order valence-electron chi connectivity index (χ0n) is 7.96. The molecule has 0 N–H and O–H groups in total. The van der Waals surface area contributed by atoms with Crippen molar-refractivity contribution in [1.82, 2.24) is 0 Å². The van der Waals surface area contributed by atoms with E-state index in [1.165, 1.54) is 0 Å². The van der Waals surface area contributed by atoms with Gasteiger partial charge in [0.25, 0.3) is 0 Å². The average Bonchev–Trinajstić information content (AvgIpc) is 2.19. The molecule has 0 spiro atoms. The first-order valence-corrected chi connectivity index (χ1v) is 4.45. The van der Waals surface area contributed by atoms with E-state index in [1.807, 2.05) is 37.3 Å². The van der Waals surface area contributed by atoms with Gasteiger partial charge in [0.1, 0.15) is 0 Å². The SMILES string of the molecule is C=CCC(C)(CF)c1ccccc1. The van der Waals surface area contributed by atoms with Crippen LogP contribution in [0.1, 0.15) is 18.9 Å². The molecule has 0 saturated heterocycles. The van der Waals surface area contributed by atoms with Crippen LogP contribution in [0.25, 0.3) is 0 Å². The van der Waals surface area contributed by atoms with E-state index >= 15 is 0 Å². The van der Waals surface area contributed by atoms with Gasteiger partial charge in [-0.1, -0.05) is 43.3 Å². The molecule has 13 heavy (non-hydrogen) atoms. The number of benzene rings is 1. The summed E-state index contributed by atoms with van der Waals surface area (Å²) in [6, 6.07) is 9.74. The Kier molecular flexibility index (Phi) is 3.24. The minimum atomic E-state index is -0.400. The van der Waals surface area contributed by atoms with Gasteiger partial charge in [0, 0.05) is 5.41 Å². The summed E-state index contributed by atoms with van der Waals surface area (Å²) in [6.07, 6.45) is 2.44. The van der Waals surface area contributed by atoms with Crippen molar-refractivity contribution in [2.75, 3.05) is 6.67 Å². The van der Waals surface area contributed by atoms with Gasteiger partial charge in [-0.2, -0.15) is 0 Å². The van der Waals surface area contributed by atoms with E-state index in [1.54, 1.807) is 6.08 Å². The van der Waals surface area contributed by atoms with Crippen molar-refractivity contribution in [3.8, 4) is 0 Å². The fraction of sp³-hybridized carbons (Fsp3) is 0.333. The van der Waals surface area contributed by atoms with E-state index in [2.05, 4.69) is 6.58 Å². The minimum absolute atomic E-state index is 0.344. The van der Waals surface area contributed by atoms with Crippen molar-refractivity contribution >= 4 is 0 Å². The second kappa shape index (κ2) is 4.22. The Hall–Kier alpha value is -1.11. The number of rotatable bonds is 4. The largest absolute Gasteiger partial charge is 0.250 e. The van der Waals surface area contributed by atoms with Gasteiger partial charge in [0.15, 0.2) is 0 Å². The summed E-state index contributed by atoms with van der Waals surface area (Å²) >= 11 is 0. The van der Waals surface area contributed by atoms with Crippen LogP contribution in [0.15, 0.2) is 43.0 Å². The average molecular weight is 178 g/mol. The molecule has 0 fully saturated rings. The molecule has 70 valence electrons. The fourth-order valence-corrected chi connectivity index (χ4v) is 1.41. The molecule has 0 aliphatic rings. The summed E-state index contributed by atoms with van der Waals surface area (Å²) in [5.41, 5.74) is 0.639. The lowest BCUT2D eigenvalue weighted by Crippen LogP contribution is -2.23. The molecule has 0 aliphatic heterocycles. The molecule has 1 aromatic rings. The molecule has 1 atom stereocenters. The van der Waals surface area contributed by atoms with Crippen molar-refractivity contribution < 1.29 is 4.39 Å². The van der Waals surface area contributed by atoms with Crippen LogP contribution in [0.2, 0.25) is 0 Å². The third-order valence-corrected chi connectivity index (χ3v) is 2.36. The molecule has 0 nitrogen and oxygen atoms in total. The fourth-order valence-electron chi connectivity index (χ4n) is 1.41. The van der Waals surface area contributed by atoms with E-state index in [-0.39, 0.29) is 6.67 Å². The molecular weight excluding hydrogens is 163 g/mol. The zero-order chi connectivity index (χ0) is 9.73. The van der Waals surface area contributed by atoms with E-state index in [4.69, 9.17) is 0 Å². The van der Waals surface area contributed by atoms with Crippen LogP contribution in [0, 0.1) is 0 Å². The lowest BCUT2D eigenvalue weighted by atomic mass is 9.81. The van der Waals surface area contributed by atoms with Gasteiger partial charge in [-0.3, -0.25) is 4.39 Å². The van der Waals surface area contributed by atoms with Crippen molar-refractivity contribution in [1.29, 1.82) is 0 Å². The Labute approximate surface area is 79.1 Å². The summed E-state index contributed by atoms with van der Waals surface area (Å²) in [7, 11) is 0. The topological polar surface area (TPSA) is 0 Å². The van der Waals surface area contributed by atoms with Crippen LogP contribution in [-0.4, -0.2) is 6.67 Å². The standard InChI is InChI=1S/C12H15F/c1-3-9-12(2,10-13)11-7-5-4-6-8-11/h3-8H,1,9-10H2,2H3. The van der Waals surface area contributed by atoms with Gasteiger partial charge >= 0.3 is 0 Å². The second-order valence-corrected chi connectivity index (χ2v) is 3.55. The third-order valence-electron chi connectivity index (χ3n) is 2.36. The smallest absolute Gasteiger partial charge is 0.0991 e. The predicted molar refractivity (Wildman–Crippen MR) is 54.6 cm³/mol. The molecule has 0 amide bonds. The normalized spacial score (nSPS) is 14.9. The number of allylic oxidation sites excluding steroid dienone is 1. The maximum atomic E-state index is 12.9. The highest BCUT2D eigenvalue weighted by atomic mass is 19.1. The quantitative estimate of drug-likeness (QED) is 0.619. The molecule has 0 heterocycles. The van der Waals surface area contributed by atoms with Crippen LogP contribution in [-0.2, 0) is 5.41 Å². The van der Waals surface area contributed by atoms with Crippen LogP contribution in [0.5, 0.6) is 0 Å². The second-order valence-electron chi connectivity index (χ2n) is 3.55. The van der Waals surface area contributed by atoms with Crippen LogP contribution in [0.3, 0.4) is 0 Å². The predicted octanol–water partition coefficient (Wildman–Crippen LogP) is 3.49. The molecule has 1 aromatic carbocycles. The van der Waals surface area contributed by atoms with E-state index in [0.717, 1.165) is 5.56 Å². The summed E-state index contributed by atoms with van der Waals surface area (Å²) in [4.78, 5) is 0. The van der Waals surface area contributed by atoms with Crippen LogP contribution >= 0.6 is 0 Å². The zero-order valence-corrected chi connectivity index (χ0v) is 7.96. The molecule has 0 radical (unpaired) electrons. The number of alkyl halides is 1. The first kappa shape index (κ1) is 9.97. The molecule has 0 aromatic heterocycles. The molecule has 0 saturated carbocycles. The van der Waals surface area contributed by atoms with E-state index in [0.29, 0.717) is 6.42 Å². The lowest BCUT2D eigenvalue weighted by Gasteiger charge is -2.25. The Bertz CT molecular complexity index is 266. The van der Waals surface area contributed by atoms with Gasteiger partial charge in [0.2, 0.25) is 0 Å². The minimum Gasteiger partial charge on any atom is -0.250 e. The molecule has 0 aliphatic carbocycles. The summed E-state index contributed by atoms with van der Waals surface area (Å²) in [5, 5.41) is 0. The first-order chi connectivity index (χ1) is 6.23. The van der Waals surface area contributed by atoms with Crippen LogP contribution < -0.4 is 0 Å². The van der Waals surface area contributed by atoms with Gasteiger partial charge < -0.3 is 0 Å². The Morgan fingerprint density at radius 3 is 2.46 bits per heavy atom. The Morgan fingerprint density at radius 2 is 2.00 bits per heavy atom. The van der Waals surface area contributed by atoms with Crippen LogP contribution in [0.4, 0.5) is 4.39 Å². The van der Waals surface area contributed by atoms with Gasteiger partial charge in [0.05, 0.1) is 6.67 Å². The molecular formula is C12H15F. The van der Waals surface area contributed by atoms with E-state index in [9.17, 15) is 4.39 Å². The highest BCUT2D eigenvalue weighted by Gasteiger charge is 2.24. The monoisotopic (exact) mass is 178 g/mol. The first-order valence-electron chi connectivity index (χ1n) is 4.45. The maximum Gasteiger partial charge on any atom is 0.0991 e. The molecule has 1 rings (SSSR count). The van der Waals surface area contributed by atoms with E-state index < -0.39 is 5.41 Å². The molecule has 0 bridgehead atoms. The van der Waals surface area contributed by atoms with Crippen molar-refractivity contribution in [2.45, 2.75) is 18.8 Å². The Morgan fingerprint density at radius 1 is 1.38 bits per heavy atom. The number of hydrogen-bond donors (Lipinski definition) is 0. The maximum absolute atomic E-state index is 12.9. The van der Waals surface area contributed by atoms with Crippen molar-refractivity contribution in [3.05, 3.63) is 48.6 Å². The van der Waals surface area contributed by atoms with Gasteiger partial charge in [-0.25, -0.2) is 0 Å². The van der Waals surface area contributed by atoms with Crippen molar-refractivity contribution in [3.63, 3.8) is 0 Å². The third kappa shape index (κ3) is 2.18. The van der Waals surface area contributed by atoms with Crippen molar-refractivity contribution in [2.24, 2.45) is 0 Å². The van der Waals surface area contributed by atoms with Gasteiger partial charge in [-0.05, 0) is 12.0 Å².